The van der Waals surface area contributed by atoms with Crippen molar-refractivity contribution in [1.82, 2.24) is 0 Å². The molecule has 8 aromatic carbocycles. The van der Waals surface area contributed by atoms with Gasteiger partial charge in [0, 0.05) is 43.1 Å². The van der Waals surface area contributed by atoms with Gasteiger partial charge in [-0.25, -0.2) is 0 Å². The average Bonchev–Trinajstić information content (AvgIpc) is 2.89. The Morgan fingerprint density at radius 1 is 0.417 bits per heavy atom. The fourth-order valence-electron chi connectivity index (χ4n) is 5.90. The zero-order valence-corrected chi connectivity index (χ0v) is 18.9. The summed E-state index contributed by atoms with van der Waals surface area (Å²) in [5.41, 5.74) is 0. The number of aromatic hydroxyl groups is 3. The van der Waals surface area contributed by atoms with Gasteiger partial charge < -0.3 is 20.1 Å². The second kappa shape index (κ2) is 6.58. The number of hydrogen-bond donors (Lipinski definition) is 3. The first-order chi connectivity index (χ1) is 17.6. The SMILES string of the molecule is Oc1cc2ccc3c(O)ccc4cc(Oc5cc6c(O)ccc7ccc8cccc5c8c76)c(c1)c2c43. The Labute approximate surface area is 204 Å². The molecule has 0 radical (unpaired) electrons. The van der Waals surface area contributed by atoms with Crippen LogP contribution >= 0.6 is 0 Å². The summed E-state index contributed by atoms with van der Waals surface area (Å²) in [5.74, 6) is 1.78. The first-order valence-corrected chi connectivity index (χ1v) is 11.8. The Kier molecular flexibility index (Phi) is 3.54. The number of phenolic OH excluding ortho intramolecular Hbond substituents is 3. The van der Waals surface area contributed by atoms with Gasteiger partial charge in [-0.05, 0) is 57.9 Å². The summed E-state index contributed by atoms with van der Waals surface area (Å²) >= 11 is 0. The second-order valence-electron chi connectivity index (χ2n) is 9.44. The summed E-state index contributed by atoms with van der Waals surface area (Å²) in [5, 5.41) is 42.8. The molecule has 170 valence electrons. The highest BCUT2D eigenvalue weighted by atomic mass is 16.5. The number of rotatable bonds is 2. The highest BCUT2D eigenvalue weighted by molar-refractivity contribution is 6.27. The summed E-state index contributed by atoms with van der Waals surface area (Å²) in [4.78, 5) is 0. The van der Waals surface area contributed by atoms with E-state index in [0.717, 1.165) is 64.6 Å². The van der Waals surface area contributed by atoms with Crippen molar-refractivity contribution >= 4 is 64.6 Å². The highest BCUT2D eigenvalue weighted by Crippen LogP contribution is 2.47. The molecule has 0 amide bonds. The topological polar surface area (TPSA) is 69.9 Å². The van der Waals surface area contributed by atoms with E-state index in [2.05, 4.69) is 18.2 Å². The third-order valence-corrected chi connectivity index (χ3v) is 7.44. The average molecular weight is 466 g/mol. The molecule has 3 N–H and O–H groups in total. The van der Waals surface area contributed by atoms with Crippen LogP contribution in [0.5, 0.6) is 28.7 Å². The number of hydrogen-bond acceptors (Lipinski definition) is 4. The fraction of sp³-hybridized carbons (Fsp3) is 0. The van der Waals surface area contributed by atoms with Crippen LogP contribution in [0.3, 0.4) is 0 Å². The van der Waals surface area contributed by atoms with Crippen LogP contribution in [-0.4, -0.2) is 15.3 Å². The fourth-order valence-corrected chi connectivity index (χ4v) is 5.90. The standard InChI is InChI=1S/C32H18O4/c33-20-12-18-6-9-21-25(34)11-8-19-13-27(24(14-20)32(18)31(19)21)36-28-15-23-26(35)10-7-17-5-4-16-2-1-3-22(28)29(16)30(17)23/h1-15,33-35H. The zero-order chi connectivity index (χ0) is 24.1. The van der Waals surface area contributed by atoms with Crippen molar-refractivity contribution in [3.8, 4) is 28.7 Å². The van der Waals surface area contributed by atoms with Gasteiger partial charge >= 0.3 is 0 Å². The van der Waals surface area contributed by atoms with Gasteiger partial charge in [0.15, 0.2) is 0 Å². The van der Waals surface area contributed by atoms with Crippen molar-refractivity contribution in [2.75, 3.05) is 0 Å². The van der Waals surface area contributed by atoms with E-state index < -0.39 is 0 Å². The lowest BCUT2D eigenvalue weighted by molar-refractivity contribution is 0.475. The zero-order valence-electron chi connectivity index (χ0n) is 18.9. The van der Waals surface area contributed by atoms with Crippen LogP contribution in [0.25, 0.3) is 64.6 Å². The molecule has 4 heteroatoms. The van der Waals surface area contributed by atoms with E-state index in [4.69, 9.17) is 4.74 Å². The van der Waals surface area contributed by atoms with Crippen molar-refractivity contribution < 1.29 is 20.1 Å². The van der Waals surface area contributed by atoms with Crippen LogP contribution in [0.4, 0.5) is 0 Å². The lowest BCUT2D eigenvalue weighted by Crippen LogP contribution is -1.93. The Balaban J connectivity index is 1.49. The highest BCUT2D eigenvalue weighted by Gasteiger charge is 2.19. The summed E-state index contributed by atoms with van der Waals surface area (Å²) in [6, 6.07) is 28.6. The van der Waals surface area contributed by atoms with Gasteiger partial charge in [0.1, 0.15) is 28.7 Å². The van der Waals surface area contributed by atoms with Crippen molar-refractivity contribution in [3.05, 3.63) is 91.0 Å². The van der Waals surface area contributed by atoms with Crippen molar-refractivity contribution in [2.45, 2.75) is 0 Å². The molecule has 0 heterocycles. The monoisotopic (exact) mass is 466 g/mol. The van der Waals surface area contributed by atoms with Crippen LogP contribution in [0, 0.1) is 0 Å². The van der Waals surface area contributed by atoms with Gasteiger partial charge in [-0.15, -0.1) is 0 Å². The Bertz CT molecular complexity index is 2160. The number of phenols is 3. The van der Waals surface area contributed by atoms with E-state index in [1.54, 1.807) is 24.3 Å². The number of ether oxygens (including phenoxy) is 1. The summed E-state index contributed by atoms with van der Waals surface area (Å²) in [6.45, 7) is 0. The maximum atomic E-state index is 10.8. The third-order valence-electron chi connectivity index (χ3n) is 7.44. The smallest absolute Gasteiger partial charge is 0.136 e. The minimum Gasteiger partial charge on any atom is -0.508 e. The molecule has 0 atom stereocenters. The van der Waals surface area contributed by atoms with Gasteiger partial charge in [0.2, 0.25) is 0 Å². The molecule has 4 nitrogen and oxygen atoms in total. The molecule has 0 saturated carbocycles. The van der Waals surface area contributed by atoms with E-state index in [1.807, 2.05) is 48.5 Å². The third kappa shape index (κ3) is 2.42. The van der Waals surface area contributed by atoms with E-state index >= 15 is 0 Å². The van der Waals surface area contributed by atoms with Gasteiger partial charge in [-0.1, -0.05) is 54.6 Å². The summed E-state index contributed by atoms with van der Waals surface area (Å²) in [6.07, 6.45) is 0. The van der Waals surface area contributed by atoms with Crippen LogP contribution in [0.2, 0.25) is 0 Å². The van der Waals surface area contributed by atoms with E-state index in [9.17, 15) is 15.3 Å². The predicted octanol–water partition coefficient (Wildman–Crippen LogP) is 8.39. The van der Waals surface area contributed by atoms with Crippen LogP contribution in [0.15, 0.2) is 91.0 Å². The first kappa shape index (κ1) is 19.4. The van der Waals surface area contributed by atoms with Crippen molar-refractivity contribution in [3.63, 3.8) is 0 Å². The molecule has 0 unspecified atom stereocenters. The summed E-state index contributed by atoms with van der Waals surface area (Å²) < 4.78 is 6.67. The molecule has 0 aromatic heterocycles. The molecule has 0 aliphatic carbocycles. The predicted molar refractivity (Wildman–Crippen MR) is 145 cm³/mol. The Morgan fingerprint density at radius 3 is 1.86 bits per heavy atom. The molecule has 8 rings (SSSR count). The maximum Gasteiger partial charge on any atom is 0.136 e. The Morgan fingerprint density at radius 2 is 1.00 bits per heavy atom. The molecule has 0 spiro atoms. The van der Waals surface area contributed by atoms with Gasteiger partial charge in [0.05, 0.1) is 0 Å². The van der Waals surface area contributed by atoms with Crippen molar-refractivity contribution in [2.24, 2.45) is 0 Å². The van der Waals surface area contributed by atoms with Crippen LogP contribution < -0.4 is 4.74 Å². The molecule has 0 fully saturated rings. The van der Waals surface area contributed by atoms with Gasteiger partial charge in [-0.3, -0.25) is 0 Å². The molecule has 0 bridgehead atoms. The number of benzene rings is 8. The Hall–Kier alpha value is -4.96. The first-order valence-electron chi connectivity index (χ1n) is 11.8. The molecule has 0 saturated heterocycles. The normalized spacial score (nSPS) is 12.2. The van der Waals surface area contributed by atoms with Gasteiger partial charge in [0.25, 0.3) is 0 Å². The van der Waals surface area contributed by atoms with Crippen LogP contribution in [0.1, 0.15) is 0 Å². The minimum atomic E-state index is 0.141. The molecular formula is C32H18O4. The quantitative estimate of drug-likeness (QED) is 0.224. The lowest BCUT2D eigenvalue weighted by Gasteiger charge is -2.19. The molecule has 0 aliphatic rings. The minimum absolute atomic E-state index is 0.141. The molecule has 8 aromatic rings. The molecule has 0 aliphatic heterocycles. The summed E-state index contributed by atoms with van der Waals surface area (Å²) in [7, 11) is 0. The maximum absolute atomic E-state index is 10.8. The van der Waals surface area contributed by atoms with E-state index in [1.165, 1.54) is 0 Å². The van der Waals surface area contributed by atoms with Crippen molar-refractivity contribution in [1.29, 1.82) is 0 Å². The van der Waals surface area contributed by atoms with Gasteiger partial charge in [-0.2, -0.15) is 0 Å². The largest absolute Gasteiger partial charge is 0.508 e. The van der Waals surface area contributed by atoms with Crippen LogP contribution in [-0.2, 0) is 0 Å². The van der Waals surface area contributed by atoms with E-state index in [-0.39, 0.29) is 17.2 Å². The molecule has 36 heavy (non-hydrogen) atoms. The lowest BCUT2D eigenvalue weighted by atomic mass is 9.92. The molecular weight excluding hydrogens is 448 g/mol. The van der Waals surface area contributed by atoms with E-state index in [0.29, 0.717) is 11.5 Å². The second-order valence-corrected chi connectivity index (χ2v) is 9.44.